The lowest BCUT2D eigenvalue weighted by molar-refractivity contribution is 0.304. The Morgan fingerprint density at radius 2 is 1.46 bits per heavy atom. The summed E-state index contributed by atoms with van der Waals surface area (Å²) in [7, 11) is 0. The third-order valence-electron chi connectivity index (χ3n) is 5.23. The molecule has 28 heavy (non-hydrogen) atoms. The zero-order valence-electron chi connectivity index (χ0n) is 16.4. The Kier molecular flexibility index (Phi) is 5.29. The Morgan fingerprint density at radius 1 is 0.714 bits per heavy atom. The van der Waals surface area contributed by atoms with Crippen molar-refractivity contribution < 1.29 is 4.74 Å². The number of benzene rings is 4. The molecule has 0 aromatic heterocycles. The Balaban J connectivity index is 1.49. The molecule has 0 radical (unpaired) electrons. The smallest absolute Gasteiger partial charge is 0.124 e. The molecule has 4 aromatic carbocycles. The van der Waals surface area contributed by atoms with Gasteiger partial charge in [0.05, 0.1) is 0 Å². The van der Waals surface area contributed by atoms with Crippen molar-refractivity contribution in [3.63, 3.8) is 0 Å². The zero-order chi connectivity index (χ0) is 19.3. The quantitative estimate of drug-likeness (QED) is 0.412. The summed E-state index contributed by atoms with van der Waals surface area (Å²) >= 11 is 0. The lowest BCUT2D eigenvalue weighted by Crippen LogP contribution is -2.04. The predicted octanol–water partition coefficient (Wildman–Crippen LogP) is 6.65. The van der Waals surface area contributed by atoms with Crippen molar-refractivity contribution in [2.75, 3.05) is 5.32 Å². The third-order valence-corrected chi connectivity index (χ3v) is 5.23. The van der Waals surface area contributed by atoms with E-state index >= 15 is 0 Å². The molecule has 0 spiro atoms. The maximum absolute atomic E-state index is 6.22. The molecule has 4 aromatic rings. The van der Waals surface area contributed by atoms with Gasteiger partial charge in [-0.05, 0) is 59.5 Å². The number of hydrogen-bond donors (Lipinski definition) is 1. The molecule has 2 nitrogen and oxygen atoms in total. The highest BCUT2D eigenvalue weighted by molar-refractivity contribution is 5.85. The van der Waals surface area contributed by atoms with Gasteiger partial charge >= 0.3 is 0 Å². The zero-order valence-corrected chi connectivity index (χ0v) is 16.4. The molecule has 0 atom stereocenters. The van der Waals surface area contributed by atoms with Crippen molar-refractivity contribution in [2.24, 2.45) is 0 Å². The van der Waals surface area contributed by atoms with Gasteiger partial charge in [0.1, 0.15) is 12.4 Å². The largest absolute Gasteiger partial charge is 0.489 e. The number of fused-ring (bicyclic) bond motifs is 1. The molecule has 0 amide bonds. The summed E-state index contributed by atoms with van der Waals surface area (Å²) < 4.78 is 6.22. The first-order chi connectivity index (χ1) is 13.7. The average molecular weight is 367 g/mol. The lowest BCUT2D eigenvalue weighted by atomic mass is 10.1. The second kappa shape index (κ2) is 8.18. The van der Waals surface area contributed by atoms with Crippen LogP contribution in [0.15, 0.2) is 84.9 Å². The van der Waals surface area contributed by atoms with Gasteiger partial charge in [0, 0.05) is 17.8 Å². The second-order valence-electron chi connectivity index (χ2n) is 7.19. The van der Waals surface area contributed by atoms with Gasteiger partial charge in [0.15, 0.2) is 0 Å². The normalized spacial score (nSPS) is 10.8. The Bertz CT molecular complexity index is 1100. The summed E-state index contributed by atoms with van der Waals surface area (Å²) in [6, 6.07) is 29.5. The summed E-state index contributed by atoms with van der Waals surface area (Å²) in [5.74, 6) is 0.923. The molecule has 4 rings (SSSR count). The molecular formula is C26H25NO. The first-order valence-electron chi connectivity index (χ1n) is 9.69. The van der Waals surface area contributed by atoms with E-state index in [1.165, 1.54) is 27.5 Å². The third kappa shape index (κ3) is 4.01. The van der Waals surface area contributed by atoms with Crippen LogP contribution in [-0.2, 0) is 13.2 Å². The number of rotatable bonds is 6. The number of hydrogen-bond acceptors (Lipinski definition) is 2. The van der Waals surface area contributed by atoms with Crippen LogP contribution in [0.1, 0.15) is 22.3 Å². The molecule has 0 unspecified atom stereocenters. The monoisotopic (exact) mass is 367 g/mol. The van der Waals surface area contributed by atoms with E-state index in [4.69, 9.17) is 4.74 Å². The molecule has 1 N–H and O–H groups in total. The van der Waals surface area contributed by atoms with Crippen molar-refractivity contribution in [1.29, 1.82) is 0 Å². The van der Waals surface area contributed by atoms with Crippen LogP contribution in [0.4, 0.5) is 5.69 Å². The maximum atomic E-state index is 6.22. The number of nitrogens with one attached hydrogen (secondary N) is 1. The van der Waals surface area contributed by atoms with E-state index in [-0.39, 0.29) is 0 Å². The number of aryl methyl sites for hydroxylation is 2. The van der Waals surface area contributed by atoms with E-state index in [0.717, 1.165) is 23.5 Å². The summed E-state index contributed by atoms with van der Waals surface area (Å²) in [4.78, 5) is 0. The van der Waals surface area contributed by atoms with Crippen LogP contribution in [-0.4, -0.2) is 0 Å². The van der Waals surface area contributed by atoms with Crippen molar-refractivity contribution in [1.82, 2.24) is 0 Å². The summed E-state index contributed by atoms with van der Waals surface area (Å²) in [6.07, 6.45) is 0. The standard InChI is InChI=1S/C26H25NO/c1-19-14-15-24(16-20(19)2)27-17-22-9-4-6-13-26(22)28-18-23-11-7-10-21-8-3-5-12-25(21)23/h3-16,27H,17-18H2,1-2H3. The molecule has 0 saturated carbocycles. The Morgan fingerprint density at radius 3 is 2.36 bits per heavy atom. The van der Waals surface area contributed by atoms with Crippen molar-refractivity contribution in [3.05, 3.63) is 107 Å². The molecule has 0 bridgehead atoms. The van der Waals surface area contributed by atoms with Crippen molar-refractivity contribution in [2.45, 2.75) is 27.0 Å². The fourth-order valence-corrected chi connectivity index (χ4v) is 3.41. The Labute approximate surface area is 166 Å². The van der Waals surface area contributed by atoms with Gasteiger partial charge in [-0.2, -0.15) is 0 Å². The van der Waals surface area contributed by atoms with Crippen molar-refractivity contribution in [3.8, 4) is 5.75 Å². The highest BCUT2D eigenvalue weighted by Crippen LogP contribution is 2.24. The van der Waals surface area contributed by atoms with E-state index in [1.54, 1.807) is 0 Å². The SMILES string of the molecule is Cc1ccc(NCc2ccccc2OCc2cccc3ccccc23)cc1C. The average Bonchev–Trinajstić information content (AvgIpc) is 2.73. The topological polar surface area (TPSA) is 21.3 Å². The van der Waals surface area contributed by atoms with Crippen LogP contribution >= 0.6 is 0 Å². The van der Waals surface area contributed by atoms with Gasteiger partial charge in [-0.25, -0.2) is 0 Å². The molecule has 0 heterocycles. The highest BCUT2D eigenvalue weighted by atomic mass is 16.5. The van der Waals surface area contributed by atoms with E-state index in [0.29, 0.717) is 6.61 Å². The molecule has 0 fully saturated rings. The van der Waals surface area contributed by atoms with E-state index < -0.39 is 0 Å². The van der Waals surface area contributed by atoms with Gasteiger partial charge in [-0.3, -0.25) is 0 Å². The highest BCUT2D eigenvalue weighted by Gasteiger charge is 2.06. The molecular weight excluding hydrogens is 342 g/mol. The number of ether oxygens (including phenoxy) is 1. The number of para-hydroxylation sites is 1. The molecule has 140 valence electrons. The maximum Gasteiger partial charge on any atom is 0.124 e. The molecule has 0 saturated heterocycles. The van der Waals surface area contributed by atoms with Crippen LogP contribution < -0.4 is 10.1 Å². The Hall–Kier alpha value is -3.26. The molecule has 2 heteroatoms. The van der Waals surface area contributed by atoms with Gasteiger partial charge < -0.3 is 10.1 Å². The number of anilines is 1. The summed E-state index contributed by atoms with van der Waals surface area (Å²) in [5, 5.41) is 6.01. The predicted molar refractivity (Wildman–Crippen MR) is 118 cm³/mol. The minimum Gasteiger partial charge on any atom is -0.489 e. The summed E-state index contributed by atoms with van der Waals surface area (Å²) in [5.41, 5.74) is 6.10. The van der Waals surface area contributed by atoms with Crippen molar-refractivity contribution >= 4 is 16.5 Å². The molecule has 0 aliphatic heterocycles. The fraction of sp³-hybridized carbons (Fsp3) is 0.154. The van der Waals surface area contributed by atoms with Crippen LogP contribution in [0.3, 0.4) is 0 Å². The van der Waals surface area contributed by atoms with Crippen LogP contribution in [0.2, 0.25) is 0 Å². The second-order valence-corrected chi connectivity index (χ2v) is 7.19. The molecule has 0 aliphatic carbocycles. The fourth-order valence-electron chi connectivity index (χ4n) is 3.41. The van der Waals surface area contributed by atoms with E-state index in [2.05, 4.69) is 92.0 Å². The summed E-state index contributed by atoms with van der Waals surface area (Å²) in [6.45, 7) is 5.56. The van der Waals surface area contributed by atoms with E-state index in [1.807, 2.05) is 12.1 Å². The first kappa shape index (κ1) is 18.1. The van der Waals surface area contributed by atoms with Gasteiger partial charge in [-0.15, -0.1) is 0 Å². The van der Waals surface area contributed by atoms with Crippen LogP contribution in [0.25, 0.3) is 10.8 Å². The van der Waals surface area contributed by atoms with Gasteiger partial charge in [-0.1, -0.05) is 66.7 Å². The van der Waals surface area contributed by atoms with E-state index in [9.17, 15) is 0 Å². The van der Waals surface area contributed by atoms with Crippen LogP contribution in [0, 0.1) is 13.8 Å². The van der Waals surface area contributed by atoms with Gasteiger partial charge in [0.25, 0.3) is 0 Å². The molecule has 0 aliphatic rings. The minimum atomic E-state index is 0.558. The minimum absolute atomic E-state index is 0.558. The first-order valence-corrected chi connectivity index (χ1v) is 9.69. The lowest BCUT2D eigenvalue weighted by Gasteiger charge is -2.14. The van der Waals surface area contributed by atoms with Gasteiger partial charge in [0.2, 0.25) is 0 Å². The van der Waals surface area contributed by atoms with Crippen LogP contribution in [0.5, 0.6) is 5.75 Å².